The van der Waals surface area contributed by atoms with Crippen molar-refractivity contribution in [2.45, 2.75) is 6.92 Å². The van der Waals surface area contributed by atoms with Gasteiger partial charge in [0.25, 0.3) is 7.52 Å². The maximum absolute atomic E-state index is 13.4. The van der Waals surface area contributed by atoms with Crippen molar-refractivity contribution in [3.05, 3.63) is 24.0 Å². The first-order chi connectivity index (χ1) is 8.48. The van der Waals surface area contributed by atoms with E-state index in [1.165, 1.54) is 17.4 Å². The summed E-state index contributed by atoms with van der Waals surface area (Å²) in [5.74, 6) is -0.231. The molecular formula is C10H15FNO5P. The van der Waals surface area contributed by atoms with E-state index >= 15 is 0 Å². The molecule has 0 aliphatic carbocycles. The lowest BCUT2D eigenvalue weighted by atomic mass is 10.3. The Morgan fingerprint density at radius 3 is 2.72 bits per heavy atom. The Hall–Kier alpha value is -1.14. The number of rotatable bonds is 7. The summed E-state index contributed by atoms with van der Waals surface area (Å²) in [6.45, 7) is 1.96. The number of ether oxygens (including phenoxy) is 2. The number of hydrogen-bond donors (Lipinski definition) is 3. The second-order valence-corrected chi connectivity index (χ2v) is 5.45. The molecule has 0 saturated heterocycles. The van der Waals surface area contributed by atoms with E-state index in [0.29, 0.717) is 6.61 Å². The third-order valence-corrected chi connectivity index (χ3v) is 3.12. The maximum atomic E-state index is 13.4. The highest BCUT2D eigenvalue weighted by atomic mass is 31.2. The van der Waals surface area contributed by atoms with Gasteiger partial charge >= 0.3 is 0 Å². The molecule has 6 nitrogen and oxygen atoms in total. The standard InChI is InChI=1S/C10H15FNO5P/c1-2-16-10-4-3-8(7-9(10)11)17-5-6-18(14,15)12-13/h3-4,7,13H,2,5-6H2,1H3,(H2,12,14,15). The lowest BCUT2D eigenvalue weighted by Crippen LogP contribution is -2.12. The first-order valence-electron chi connectivity index (χ1n) is 5.27. The van der Waals surface area contributed by atoms with Crippen molar-refractivity contribution in [3.63, 3.8) is 0 Å². The third-order valence-electron chi connectivity index (χ3n) is 2.02. The molecule has 1 aromatic rings. The van der Waals surface area contributed by atoms with Crippen molar-refractivity contribution in [3.8, 4) is 11.5 Å². The first kappa shape index (κ1) is 14.9. The predicted molar refractivity (Wildman–Crippen MR) is 62.7 cm³/mol. The maximum Gasteiger partial charge on any atom is 0.292 e. The Bertz CT molecular complexity index is 442. The van der Waals surface area contributed by atoms with Gasteiger partial charge in [-0.25, -0.2) is 4.39 Å². The van der Waals surface area contributed by atoms with Crippen LogP contribution in [0.25, 0.3) is 0 Å². The van der Waals surface area contributed by atoms with Crippen LogP contribution in [0.4, 0.5) is 4.39 Å². The van der Waals surface area contributed by atoms with Gasteiger partial charge in [0.05, 0.1) is 19.4 Å². The summed E-state index contributed by atoms with van der Waals surface area (Å²) in [7, 11) is -3.78. The molecule has 1 rings (SSSR count). The van der Waals surface area contributed by atoms with Gasteiger partial charge in [-0.2, -0.15) is 0 Å². The summed E-state index contributed by atoms with van der Waals surface area (Å²) in [6.07, 6.45) is -0.293. The zero-order chi connectivity index (χ0) is 13.6. The molecule has 3 N–H and O–H groups in total. The molecule has 0 saturated carbocycles. The van der Waals surface area contributed by atoms with Gasteiger partial charge in [-0.3, -0.25) is 4.57 Å². The summed E-state index contributed by atoms with van der Waals surface area (Å²) >= 11 is 0. The molecule has 0 aromatic heterocycles. The van der Waals surface area contributed by atoms with Gasteiger partial charge in [0.15, 0.2) is 11.6 Å². The molecule has 102 valence electrons. The average molecular weight is 279 g/mol. The molecule has 0 amide bonds. The summed E-state index contributed by atoms with van der Waals surface area (Å²) in [5, 5.41) is 9.64. The van der Waals surface area contributed by atoms with Crippen LogP contribution in [-0.2, 0) is 4.57 Å². The summed E-state index contributed by atoms with van der Waals surface area (Å²) in [6, 6.07) is 4.03. The van der Waals surface area contributed by atoms with E-state index in [4.69, 9.17) is 19.6 Å². The molecule has 1 aromatic carbocycles. The molecule has 8 heteroatoms. The Labute approximate surface area is 104 Å². The lowest BCUT2D eigenvalue weighted by Gasteiger charge is -2.11. The van der Waals surface area contributed by atoms with Crippen molar-refractivity contribution in [2.24, 2.45) is 0 Å². The van der Waals surface area contributed by atoms with Crippen molar-refractivity contribution < 1.29 is 28.5 Å². The first-order valence-corrected chi connectivity index (χ1v) is 7.11. The molecule has 1 atom stereocenters. The Morgan fingerprint density at radius 1 is 1.44 bits per heavy atom. The van der Waals surface area contributed by atoms with Crippen molar-refractivity contribution in [1.29, 1.82) is 0 Å². The fourth-order valence-electron chi connectivity index (χ4n) is 1.18. The minimum atomic E-state index is -3.78. The van der Waals surface area contributed by atoms with Crippen LogP contribution in [0.1, 0.15) is 6.92 Å². The van der Waals surface area contributed by atoms with Crippen LogP contribution in [-0.4, -0.2) is 29.5 Å². The highest BCUT2D eigenvalue weighted by Crippen LogP contribution is 2.33. The van der Waals surface area contributed by atoms with E-state index in [1.54, 1.807) is 6.92 Å². The molecule has 0 aliphatic rings. The van der Waals surface area contributed by atoms with E-state index in [2.05, 4.69) is 0 Å². The van der Waals surface area contributed by atoms with Crippen molar-refractivity contribution in [1.82, 2.24) is 5.25 Å². The highest BCUT2D eigenvalue weighted by molar-refractivity contribution is 7.55. The second-order valence-electron chi connectivity index (χ2n) is 3.40. The van der Waals surface area contributed by atoms with Gasteiger partial charge in [-0.1, -0.05) is 0 Å². The van der Waals surface area contributed by atoms with Crippen LogP contribution in [0.15, 0.2) is 18.2 Å². The van der Waals surface area contributed by atoms with Crippen molar-refractivity contribution in [2.75, 3.05) is 19.4 Å². The van der Waals surface area contributed by atoms with E-state index in [0.717, 1.165) is 6.07 Å². The van der Waals surface area contributed by atoms with Crippen molar-refractivity contribution >= 4 is 7.52 Å². The average Bonchev–Trinajstić information content (AvgIpc) is 2.32. The Balaban J connectivity index is 2.54. The lowest BCUT2D eigenvalue weighted by molar-refractivity contribution is 0.219. The topological polar surface area (TPSA) is 88.0 Å². The number of hydrogen-bond acceptors (Lipinski definition) is 4. The molecule has 1 unspecified atom stereocenters. The number of nitrogens with one attached hydrogen (secondary N) is 1. The van der Waals surface area contributed by atoms with Gasteiger partial charge in [0, 0.05) is 6.07 Å². The number of benzene rings is 1. The highest BCUT2D eigenvalue weighted by Gasteiger charge is 2.16. The third kappa shape index (κ3) is 4.62. The number of halogens is 1. The van der Waals surface area contributed by atoms with E-state index in [1.807, 2.05) is 0 Å². The molecule has 0 aliphatic heterocycles. The molecule has 0 spiro atoms. The van der Waals surface area contributed by atoms with Gasteiger partial charge in [-0.05, 0) is 19.1 Å². The van der Waals surface area contributed by atoms with Gasteiger partial charge in [-0.15, -0.1) is 5.25 Å². The van der Waals surface area contributed by atoms with Crippen LogP contribution < -0.4 is 14.7 Å². The zero-order valence-corrected chi connectivity index (χ0v) is 10.7. The summed E-state index contributed by atoms with van der Waals surface area (Å²) in [5.41, 5.74) is 0. The monoisotopic (exact) mass is 279 g/mol. The van der Waals surface area contributed by atoms with Gasteiger partial charge in [0.1, 0.15) is 5.75 Å². The quantitative estimate of drug-likeness (QED) is 0.520. The van der Waals surface area contributed by atoms with Gasteiger partial charge < -0.3 is 19.6 Å². The van der Waals surface area contributed by atoms with Crippen LogP contribution in [0.3, 0.4) is 0 Å². The minimum Gasteiger partial charge on any atom is -0.493 e. The predicted octanol–water partition coefficient (Wildman–Crippen LogP) is 1.77. The fourth-order valence-corrected chi connectivity index (χ4v) is 1.62. The molecule has 0 bridgehead atoms. The second kappa shape index (κ2) is 6.70. The zero-order valence-electron chi connectivity index (χ0n) is 9.80. The van der Waals surface area contributed by atoms with Crippen LogP contribution in [0, 0.1) is 5.82 Å². The summed E-state index contributed by atoms with van der Waals surface area (Å²) < 4.78 is 34.5. The largest absolute Gasteiger partial charge is 0.493 e. The van der Waals surface area contributed by atoms with E-state index < -0.39 is 13.3 Å². The molecule has 0 fully saturated rings. The molecule has 0 radical (unpaired) electrons. The van der Waals surface area contributed by atoms with E-state index in [9.17, 15) is 8.96 Å². The smallest absolute Gasteiger partial charge is 0.292 e. The Morgan fingerprint density at radius 2 is 2.17 bits per heavy atom. The van der Waals surface area contributed by atoms with Crippen LogP contribution in [0.2, 0.25) is 0 Å². The van der Waals surface area contributed by atoms with E-state index in [-0.39, 0.29) is 24.3 Å². The van der Waals surface area contributed by atoms with Crippen LogP contribution >= 0.6 is 7.52 Å². The molecular weight excluding hydrogens is 264 g/mol. The Kier molecular flexibility index (Phi) is 5.55. The van der Waals surface area contributed by atoms with Crippen LogP contribution in [0.5, 0.6) is 11.5 Å². The molecule has 18 heavy (non-hydrogen) atoms. The minimum absolute atomic E-state index is 0.120. The SMILES string of the molecule is CCOc1ccc(OCCP(=O)(O)NO)cc1F. The summed E-state index contributed by atoms with van der Waals surface area (Å²) in [4.78, 5) is 8.99. The fraction of sp³-hybridized carbons (Fsp3) is 0.400. The normalized spacial score (nSPS) is 14.0. The molecule has 0 heterocycles. The van der Waals surface area contributed by atoms with Gasteiger partial charge in [0.2, 0.25) is 0 Å².